The fourth-order valence-corrected chi connectivity index (χ4v) is 2.21. The van der Waals surface area contributed by atoms with E-state index in [0.717, 1.165) is 11.6 Å². The molecule has 1 aromatic heterocycles. The van der Waals surface area contributed by atoms with Crippen molar-refractivity contribution in [1.82, 2.24) is 15.6 Å². The lowest BCUT2D eigenvalue weighted by atomic mass is 10.2. The first kappa shape index (κ1) is 20.4. The summed E-state index contributed by atoms with van der Waals surface area (Å²) in [6.07, 6.45) is 1.91. The Bertz CT molecular complexity index is 858. The van der Waals surface area contributed by atoms with Crippen LogP contribution in [0.2, 0.25) is 5.02 Å². The number of halogens is 2. The lowest BCUT2D eigenvalue weighted by Gasteiger charge is -2.10. The maximum atomic E-state index is 13.3. The number of carbonyl (C=O) groups is 2. The zero-order chi connectivity index (χ0) is 19.8. The van der Waals surface area contributed by atoms with Crippen LogP contribution in [0.5, 0.6) is 5.75 Å². The lowest BCUT2D eigenvalue weighted by molar-refractivity contribution is -0.122. The van der Waals surface area contributed by atoms with E-state index in [2.05, 4.69) is 22.2 Å². The van der Waals surface area contributed by atoms with Gasteiger partial charge in [-0.3, -0.25) is 14.6 Å². The van der Waals surface area contributed by atoms with Gasteiger partial charge in [-0.1, -0.05) is 18.2 Å². The lowest BCUT2D eigenvalue weighted by Crippen LogP contribution is -2.31. The predicted octanol–water partition coefficient (Wildman–Crippen LogP) is 3.01. The largest absolute Gasteiger partial charge is 0.484 e. The number of hydrogen-bond donors (Lipinski definition) is 2. The third-order valence-electron chi connectivity index (χ3n) is 3.44. The molecule has 0 radical (unpaired) electrons. The van der Waals surface area contributed by atoms with Gasteiger partial charge in [-0.25, -0.2) is 4.39 Å². The summed E-state index contributed by atoms with van der Waals surface area (Å²) in [5.41, 5.74) is 1.68. The summed E-state index contributed by atoms with van der Waals surface area (Å²) in [5, 5.41) is 5.23. The van der Waals surface area contributed by atoms with Crippen LogP contribution < -0.4 is 15.4 Å². The van der Waals surface area contributed by atoms with Crippen molar-refractivity contribution in [1.29, 1.82) is 0 Å². The van der Waals surface area contributed by atoms with Crippen molar-refractivity contribution < 1.29 is 18.7 Å². The van der Waals surface area contributed by atoms with Gasteiger partial charge in [0.05, 0.1) is 5.02 Å². The van der Waals surface area contributed by atoms with Crippen LogP contribution in [-0.4, -0.2) is 29.9 Å². The standard InChI is InChI=1S/C19H19ClFN3O3/c1-12-5-7-22-17(9-12)19(26)23-8-6-13(2)24-18(25)11-27-14-3-4-15(20)16(21)10-14/h3-5,7,9-10H,2,6,8,11H2,1H3,(H,23,26)(H,24,25). The Labute approximate surface area is 161 Å². The highest BCUT2D eigenvalue weighted by Gasteiger charge is 2.09. The molecule has 0 fully saturated rings. The Morgan fingerprint density at radius 3 is 2.78 bits per heavy atom. The van der Waals surface area contributed by atoms with Crippen LogP contribution >= 0.6 is 11.6 Å². The summed E-state index contributed by atoms with van der Waals surface area (Å²) in [7, 11) is 0. The van der Waals surface area contributed by atoms with Gasteiger partial charge in [-0.05, 0) is 36.8 Å². The molecule has 0 atom stereocenters. The van der Waals surface area contributed by atoms with Crippen LogP contribution in [0.25, 0.3) is 0 Å². The van der Waals surface area contributed by atoms with Gasteiger partial charge in [-0.15, -0.1) is 0 Å². The molecule has 0 unspecified atom stereocenters. The first-order valence-electron chi connectivity index (χ1n) is 8.11. The number of ether oxygens (including phenoxy) is 1. The van der Waals surface area contributed by atoms with Crippen molar-refractivity contribution in [3.8, 4) is 5.75 Å². The molecule has 6 nitrogen and oxygen atoms in total. The number of carbonyl (C=O) groups excluding carboxylic acids is 2. The Morgan fingerprint density at radius 2 is 2.07 bits per heavy atom. The number of nitrogens with one attached hydrogen (secondary N) is 2. The Hall–Kier alpha value is -2.93. The number of rotatable bonds is 8. The molecule has 1 aromatic carbocycles. The maximum absolute atomic E-state index is 13.3. The van der Waals surface area contributed by atoms with E-state index >= 15 is 0 Å². The molecule has 0 aliphatic rings. The molecule has 0 aliphatic carbocycles. The molecule has 1 heterocycles. The Balaban J connectivity index is 1.69. The summed E-state index contributed by atoms with van der Waals surface area (Å²) in [4.78, 5) is 27.8. The van der Waals surface area contributed by atoms with Crippen molar-refractivity contribution >= 4 is 23.4 Å². The first-order valence-corrected chi connectivity index (χ1v) is 8.49. The van der Waals surface area contributed by atoms with Crippen LogP contribution in [0.4, 0.5) is 4.39 Å². The Kier molecular flexibility index (Phi) is 7.31. The molecule has 0 aliphatic heterocycles. The molecule has 8 heteroatoms. The molecule has 0 spiro atoms. The van der Waals surface area contributed by atoms with Gasteiger partial charge in [0, 0.05) is 30.9 Å². The quantitative estimate of drug-likeness (QED) is 0.724. The topological polar surface area (TPSA) is 80.3 Å². The van der Waals surface area contributed by atoms with E-state index in [1.165, 1.54) is 12.1 Å². The van der Waals surface area contributed by atoms with Crippen molar-refractivity contribution in [2.45, 2.75) is 13.3 Å². The van der Waals surface area contributed by atoms with Crippen LogP contribution in [-0.2, 0) is 4.79 Å². The van der Waals surface area contributed by atoms with E-state index in [9.17, 15) is 14.0 Å². The maximum Gasteiger partial charge on any atom is 0.269 e. The number of hydrogen-bond acceptors (Lipinski definition) is 4. The molecule has 2 aromatic rings. The van der Waals surface area contributed by atoms with E-state index in [1.54, 1.807) is 18.3 Å². The SMILES string of the molecule is C=C(CCNC(=O)c1cc(C)ccn1)NC(=O)COc1ccc(Cl)c(F)c1. The smallest absolute Gasteiger partial charge is 0.269 e. The van der Waals surface area contributed by atoms with Gasteiger partial charge in [0.2, 0.25) is 0 Å². The van der Waals surface area contributed by atoms with Gasteiger partial charge in [0.25, 0.3) is 11.8 Å². The summed E-state index contributed by atoms with van der Waals surface area (Å²) < 4.78 is 18.5. The molecule has 142 valence electrons. The summed E-state index contributed by atoms with van der Waals surface area (Å²) >= 11 is 5.57. The van der Waals surface area contributed by atoms with Crippen molar-refractivity contribution in [3.63, 3.8) is 0 Å². The van der Waals surface area contributed by atoms with Crippen LogP contribution in [0, 0.1) is 12.7 Å². The van der Waals surface area contributed by atoms with Gasteiger partial charge in [0.15, 0.2) is 6.61 Å². The van der Waals surface area contributed by atoms with E-state index < -0.39 is 11.7 Å². The fourth-order valence-electron chi connectivity index (χ4n) is 2.09. The van der Waals surface area contributed by atoms with Crippen LogP contribution in [0.15, 0.2) is 48.8 Å². The second kappa shape index (κ2) is 9.68. The van der Waals surface area contributed by atoms with Crippen molar-refractivity contribution in [2.75, 3.05) is 13.2 Å². The molecule has 2 rings (SSSR count). The predicted molar refractivity (Wildman–Crippen MR) is 100 cm³/mol. The minimum atomic E-state index is -0.627. The van der Waals surface area contributed by atoms with Crippen molar-refractivity contribution in [2.24, 2.45) is 0 Å². The highest BCUT2D eigenvalue weighted by Crippen LogP contribution is 2.20. The number of aromatic nitrogens is 1. The highest BCUT2D eigenvalue weighted by atomic mass is 35.5. The van der Waals surface area contributed by atoms with E-state index in [0.29, 0.717) is 17.8 Å². The third-order valence-corrected chi connectivity index (χ3v) is 3.74. The average Bonchev–Trinajstić information content (AvgIpc) is 2.62. The van der Waals surface area contributed by atoms with E-state index in [-0.39, 0.29) is 29.8 Å². The zero-order valence-electron chi connectivity index (χ0n) is 14.7. The molecule has 0 saturated heterocycles. The zero-order valence-corrected chi connectivity index (χ0v) is 15.5. The van der Waals surface area contributed by atoms with Gasteiger partial charge in [0.1, 0.15) is 17.3 Å². The molecule has 27 heavy (non-hydrogen) atoms. The minimum absolute atomic E-state index is 0.0249. The number of nitrogens with zero attached hydrogens (tertiary/aromatic N) is 1. The normalized spacial score (nSPS) is 10.2. The third kappa shape index (κ3) is 6.71. The summed E-state index contributed by atoms with van der Waals surface area (Å²) in [5.74, 6) is -1.18. The van der Waals surface area contributed by atoms with Crippen molar-refractivity contribution in [3.05, 3.63) is 70.9 Å². The number of pyridine rings is 1. The number of amides is 2. The Morgan fingerprint density at radius 1 is 1.30 bits per heavy atom. The van der Waals surface area contributed by atoms with E-state index in [4.69, 9.17) is 16.3 Å². The molecular weight excluding hydrogens is 373 g/mol. The second-order valence-corrected chi connectivity index (χ2v) is 6.15. The molecule has 0 bridgehead atoms. The monoisotopic (exact) mass is 391 g/mol. The van der Waals surface area contributed by atoms with Gasteiger partial charge in [-0.2, -0.15) is 0 Å². The van der Waals surface area contributed by atoms with Gasteiger partial charge >= 0.3 is 0 Å². The number of benzene rings is 1. The summed E-state index contributed by atoms with van der Waals surface area (Å²) in [6.45, 7) is 5.58. The average molecular weight is 392 g/mol. The molecule has 0 saturated carbocycles. The second-order valence-electron chi connectivity index (χ2n) is 5.74. The van der Waals surface area contributed by atoms with E-state index in [1.807, 2.05) is 6.92 Å². The molecule has 2 N–H and O–H groups in total. The van der Waals surface area contributed by atoms with Crippen LogP contribution in [0.1, 0.15) is 22.5 Å². The highest BCUT2D eigenvalue weighted by molar-refractivity contribution is 6.30. The minimum Gasteiger partial charge on any atom is -0.484 e. The number of aryl methyl sites for hydroxylation is 1. The van der Waals surface area contributed by atoms with Crippen LogP contribution in [0.3, 0.4) is 0 Å². The van der Waals surface area contributed by atoms with Gasteiger partial charge < -0.3 is 15.4 Å². The summed E-state index contributed by atoms with van der Waals surface area (Å²) in [6, 6.07) is 7.38. The molecule has 2 amide bonds. The first-order chi connectivity index (χ1) is 12.8. The molecular formula is C19H19ClFN3O3. The fraction of sp³-hybridized carbons (Fsp3) is 0.211.